The fourth-order valence-corrected chi connectivity index (χ4v) is 3.39. The van der Waals surface area contributed by atoms with Crippen molar-refractivity contribution in [3.63, 3.8) is 0 Å². The first-order chi connectivity index (χ1) is 11.5. The van der Waals surface area contributed by atoms with Crippen LogP contribution < -0.4 is 9.62 Å². The van der Waals surface area contributed by atoms with E-state index in [-0.39, 0.29) is 11.7 Å². The molecule has 0 aliphatic carbocycles. The van der Waals surface area contributed by atoms with E-state index in [1.807, 2.05) is 37.2 Å². The van der Waals surface area contributed by atoms with Crippen LogP contribution in [0.5, 0.6) is 0 Å². The molecule has 0 atom stereocenters. The minimum atomic E-state index is -0.349. The Labute approximate surface area is 153 Å². The van der Waals surface area contributed by atoms with Gasteiger partial charge in [0.25, 0.3) is 5.91 Å². The summed E-state index contributed by atoms with van der Waals surface area (Å²) in [6, 6.07) is 12.7. The SMILES string of the molecule is CN(C)c1ccc2cc(C(=O)NSc3c(Cl)cccc3Cl)oc2c1. The molecule has 7 heteroatoms. The van der Waals surface area contributed by atoms with E-state index in [1.54, 1.807) is 24.3 Å². The molecule has 1 aromatic heterocycles. The lowest BCUT2D eigenvalue weighted by Gasteiger charge is -2.11. The molecule has 0 aliphatic heterocycles. The van der Waals surface area contributed by atoms with Gasteiger partial charge in [0.1, 0.15) is 5.58 Å². The minimum absolute atomic E-state index is 0.233. The van der Waals surface area contributed by atoms with Crippen molar-refractivity contribution in [1.29, 1.82) is 0 Å². The van der Waals surface area contributed by atoms with Gasteiger partial charge in [-0.15, -0.1) is 0 Å². The summed E-state index contributed by atoms with van der Waals surface area (Å²) in [5.41, 5.74) is 1.66. The monoisotopic (exact) mass is 380 g/mol. The highest BCUT2D eigenvalue weighted by molar-refractivity contribution is 7.98. The molecule has 2 aromatic carbocycles. The summed E-state index contributed by atoms with van der Waals surface area (Å²) < 4.78 is 8.35. The molecule has 1 amide bonds. The van der Waals surface area contributed by atoms with Crippen LogP contribution in [0.15, 0.2) is 51.8 Å². The summed E-state index contributed by atoms with van der Waals surface area (Å²) in [5, 5.41) is 1.83. The molecule has 0 fully saturated rings. The molecule has 3 rings (SSSR count). The van der Waals surface area contributed by atoms with Crippen LogP contribution in [0.3, 0.4) is 0 Å². The highest BCUT2D eigenvalue weighted by atomic mass is 35.5. The van der Waals surface area contributed by atoms with Gasteiger partial charge in [-0.05, 0) is 42.3 Å². The van der Waals surface area contributed by atoms with Crippen molar-refractivity contribution in [3.8, 4) is 0 Å². The van der Waals surface area contributed by atoms with Crippen LogP contribution >= 0.6 is 35.1 Å². The molecule has 0 spiro atoms. The topological polar surface area (TPSA) is 45.5 Å². The second kappa shape index (κ2) is 6.97. The average Bonchev–Trinajstić information content (AvgIpc) is 2.97. The maximum absolute atomic E-state index is 12.3. The maximum atomic E-state index is 12.3. The number of nitrogens with zero attached hydrogens (tertiary/aromatic N) is 1. The van der Waals surface area contributed by atoms with Crippen molar-refractivity contribution >= 4 is 57.7 Å². The van der Waals surface area contributed by atoms with Gasteiger partial charge in [0.2, 0.25) is 0 Å². The number of hydrogen-bond donors (Lipinski definition) is 1. The van der Waals surface area contributed by atoms with Crippen LogP contribution in [0.25, 0.3) is 11.0 Å². The van der Waals surface area contributed by atoms with E-state index in [2.05, 4.69) is 4.72 Å². The minimum Gasteiger partial charge on any atom is -0.451 e. The fourth-order valence-electron chi connectivity index (χ4n) is 2.14. The van der Waals surface area contributed by atoms with Crippen LogP contribution in [0.4, 0.5) is 5.69 Å². The third-order valence-corrected chi connectivity index (χ3v) is 5.19. The van der Waals surface area contributed by atoms with Gasteiger partial charge in [0, 0.05) is 31.2 Å². The van der Waals surface area contributed by atoms with Gasteiger partial charge >= 0.3 is 0 Å². The van der Waals surface area contributed by atoms with Gasteiger partial charge in [-0.25, -0.2) is 0 Å². The van der Waals surface area contributed by atoms with Crippen LogP contribution in [0, 0.1) is 0 Å². The van der Waals surface area contributed by atoms with Gasteiger partial charge in [-0.1, -0.05) is 29.3 Å². The number of hydrogen-bond acceptors (Lipinski definition) is 4. The smallest absolute Gasteiger partial charge is 0.297 e. The number of nitrogens with one attached hydrogen (secondary N) is 1. The summed E-state index contributed by atoms with van der Waals surface area (Å²) >= 11 is 13.2. The number of rotatable bonds is 4. The highest BCUT2D eigenvalue weighted by Crippen LogP contribution is 2.32. The van der Waals surface area contributed by atoms with Crippen molar-refractivity contribution in [2.24, 2.45) is 0 Å². The Kier molecular flexibility index (Phi) is 4.94. The van der Waals surface area contributed by atoms with Crippen molar-refractivity contribution < 1.29 is 9.21 Å². The summed E-state index contributed by atoms with van der Waals surface area (Å²) in [5.74, 6) is -0.116. The lowest BCUT2D eigenvalue weighted by atomic mass is 10.2. The first-order valence-electron chi connectivity index (χ1n) is 7.08. The standard InChI is InChI=1S/C17H14Cl2N2O2S/c1-21(2)11-7-6-10-8-15(23-14(10)9-11)17(22)20-24-16-12(18)4-3-5-13(16)19/h3-9H,1-2H3,(H,20,22). The van der Waals surface area contributed by atoms with E-state index < -0.39 is 0 Å². The number of benzene rings is 2. The molecule has 24 heavy (non-hydrogen) atoms. The van der Waals surface area contributed by atoms with E-state index in [0.29, 0.717) is 20.5 Å². The number of amides is 1. The second-order valence-electron chi connectivity index (χ2n) is 5.31. The highest BCUT2D eigenvalue weighted by Gasteiger charge is 2.15. The largest absolute Gasteiger partial charge is 0.451 e. The average molecular weight is 381 g/mol. The molecular weight excluding hydrogens is 367 g/mol. The lowest BCUT2D eigenvalue weighted by Crippen LogP contribution is -2.14. The maximum Gasteiger partial charge on any atom is 0.297 e. The predicted octanol–water partition coefficient (Wildman–Crippen LogP) is 5.24. The van der Waals surface area contributed by atoms with Gasteiger partial charge in [-0.2, -0.15) is 0 Å². The fraction of sp³-hybridized carbons (Fsp3) is 0.118. The van der Waals surface area contributed by atoms with Crippen LogP contribution in [0.1, 0.15) is 10.6 Å². The Hall–Kier alpha value is -1.82. The third kappa shape index (κ3) is 3.48. The summed E-state index contributed by atoms with van der Waals surface area (Å²) in [4.78, 5) is 14.9. The van der Waals surface area contributed by atoms with Gasteiger partial charge in [-0.3, -0.25) is 9.52 Å². The zero-order chi connectivity index (χ0) is 17.3. The van der Waals surface area contributed by atoms with Crippen molar-refractivity contribution in [1.82, 2.24) is 4.72 Å². The molecule has 4 nitrogen and oxygen atoms in total. The Morgan fingerprint density at radius 2 is 1.83 bits per heavy atom. The number of furan rings is 1. The normalized spacial score (nSPS) is 10.8. The number of anilines is 1. The Balaban J connectivity index is 1.79. The quantitative estimate of drug-likeness (QED) is 0.628. The molecule has 1 N–H and O–H groups in total. The number of carbonyl (C=O) groups excluding carboxylic acids is 1. The van der Waals surface area contributed by atoms with E-state index in [9.17, 15) is 4.79 Å². The summed E-state index contributed by atoms with van der Waals surface area (Å²) in [6.45, 7) is 0. The Morgan fingerprint density at radius 3 is 2.50 bits per heavy atom. The number of halogens is 2. The van der Waals surface area contributed by atoms with E-state index in [4.69, 9.17) is 27.6 Å². The third-order valence-electron chi connectivity index (χ3n) is 3.41. The summed E-state index contributed by atoms with van der Waals surface area (Å²) in [6.07, 6.45) is 0. The van der Waals surface area contributed by atoms with E-state index in [0.717, 1.165) is 23.0 Å². The van der Waals surface area contributed by atoms with Crippen LogP contribution in [0.2, 0.25) is 10.0 Å². The molecule has 0 saturated heterocycles. The molecule has 0 unspecified atom stereocenters. The van der Waals surface area contributed by atoms with Crippen molar-refractivity contribution in [3.05, 3.63) is 58.3 Å². The molecule has 3 aromatic rings. The molecule has 0 bridgehead atoms. The molecule has 1 heterocycles. The molecule has 0 saturated carbocycles. The molecular formula is C17H14Cl2N2O2S. The number of carbonyl (C=O) groups is 1. The van der Waals surface area contributed by atoms with Crippen LogP contribution in [-0.4, -0.2) is 20.0 Å². The van der Waals surface area contributed by atoms with Gasteiger partial charge in [0.05, 0.1) is 14.9 Å². The molecule has 0 radical (unpaired) electrons. The molecule has 124 valence electrons. The summed E-state index contributed by atoms with van der Waals surface area (Å²) in [7, 11) is 3.89. The van der Waals surface area contributed by atoms with E-state index in [1.165, 1.54) is 0 Å². The predicted molar refractivity (Wildman–Crippen MR) is 100 cm³/mol. The van der Waals surface area contributed by atoms with Gasteiger partial charge in [0.15, 0.2) is 5.76 Å². The zero-order valence-corrected chi connectivity index (χ0v) is 15.3. The van der Waals surface area contributed by atoms with Crippen molar-refractivity contribution in [2.75, 3.05) is 19.0 Å². The first-order valence-corrected chi connectivity index (χ1v) is 8.65. The van der Waals surface area contributed by atoms with Crippen molar-refractivity contribution in [2.45, 2.75) is 4.90 Å². The van der Waals surface area contributed by atoms with Gasteiger partial charge < -0.3 is 9.32 Å². The Bertz CT molecular complexity index is 888. The van der Waals surface area contributed by atoms with Crippen LogP contribution in [-0.2, 0) is 0 Å². The van der Waals surface area contributed by atoms with E-state index >= 15 is 0 Å². The Morgan fingerprint density at radius 1 is 1.12 bits per heavy atom. The lowest BCUT2D eigenvalue weighted by molar-refractivity contribution is 0.0959. The molecule has 0 aliphatic rings. The second-order valence-corrected chi connectivity index (χ2v) is 6.94. The number of fused-ring (bicyclic) bond motifs is 1. The first kappa shape index (κ1) is 17.0. The zero-order valence-electron chi connectivity index (χ0n) is 13.0.